The van der Waals surface area contributed by atoms with Gasteiger partial charge < -0.3 is 5.73 Å². The Kier molecular flexibility index (Phi) is 3.78. The van der Waals surface area contributed by atoms with Crippen LogP contribution in [0.25, 0.3) is 0 Å². The molecule has 1 heterocycles. The Hall–Kier alpha value is -0.850. The molecule has 2 nitrogen and oxygen atoms in total. The summed E-state index contributed by atoms with van der Waals surface area (Å²) in [6.07, 6.45) is 2.44. The van der Waals surface area contributed by atoms with Gasteiger partial charge in [-0.3, -0.25) is 0 Å². The minimum absolute atomic E-state index is 0.602. The Morgan fingerprint density at radius 3 is 3.08 bits per heavy atom. The van der Waals surface area contributed by atoms with Crippen molar-refractivity contribution >= 4 is 15.9 Å². The van der Waals surface area contributed by atoms with E-state index in [4.69, 9.17) is 5.73 Å². The Morgan fingerprint density at radius 2 is 2.42 bits per heavy atom. The molecule has 0 bridgehead atoms. The maximum absolute atomic E-state index is 5.30. The first-order chi connectivity index (χ1) is 5.84. The van der Waals surface area contributed by atoms with Gasteiger partial charge in [0.05, 0.1) is 5.56 Å². The van der Waals surface area contributed by atoms with E-state index >= 15 is 0 Å². The van der Waals surface area contributed by atoms with Crippen molar-refractivity contribution in [2.75, 3.05) is 6.54 Å². The molecule has 3 heteroatoms. The molecule has 1 aromatic heterocycles. The van der Waals surface area contributed by atoms with E-state index in [1.54, 1.807) is 6.20 Å². The molecule has 0 atom stereocenters. The number of nitrogens with zero attached hydrogens (tertiary/aromatic N) is 1. The lowest BCUT2D eigenvalue weighted by Crippen LogP contribution is -1.95. The molecule has 0 unspecified atom stereocenters. The number of nitrogens with two attached hydrogens (primary N) is 1. The summed E-state index contributed by atoms with van der Waals surface area (Å²) >= 11 is 3.30. The van der Waals surface area contributed by atoms with Crippen molar-refractivity contribution in [1.82, 2.24) is 4.98 Å². The van der Waals surface area contributed by atoms with Crippen LogP contribution in [0.15, 0.2) is 22.9 Å². The van der Waals surface area contributed by atoms with Crippen molar-refractivity contribution in [3.63, 3.8) is 0 Å². The van der Waals surface area contributed by atoms with Gasteiger partial charge in [0, 0.05) is 19.2 Å². The highest BCUT2D eigenvalue weighted by Gasteiger charge is 1.92. The summed E-state index contributed by atoms with van der Waals surface area (Å²) in [5, 5.41) is 0. The molecule has 0 aliphatic heterocycles. The van der Waals surface area contributed by atoms with Crippen molar-refractivity contribution in [2.24, 2.45) is 5.73 Å². The summed E-state index contributed by atoms with van der Waals surface area (Å²) in [5.41, 5.74) is 6.21. The van der Waals surface area contributed by atoms with E-state index in [1.165, 1.54) is 0 Å². The highest BCUT2D eigenvalue weighted by Crippen LogP contribution is 2.10. The average Bonchev–Trinajstić information content (AvgIpc) is 2.09. The van der Waals surface area contributed by atoms with Gasteiger partial charge in [0.1, 0.15) is 4.60 Å². The van der Waals surface area contributed by atoms with E-state index in [0.717, 1.165) is 16.6 Å². The third kappa shape index (κ3) is 2.65. The van der Waals surface area contributed by atoms with E-state index in [0.29, 0.717) is 6.54 Å². The van der Waals surface area contributed by atoms with E-state index < -0.39 is 0 Å². The Bertz CT molecular complexity index is 312. The number of hydrogen-bond acceptors (Lipinski definition) is 2. The van der Waals surface area contributed by atoms with Crippen LogP contribution in [-0.2, 0) is 0 Å². The van der Waals surface area contributed by atoms with Gasteiger partial charge in [-0.25, -0.2) is 4.98 Å². The fourth-order valence-electron chi connectivity index (χ4n) is 0.709. The van der Waals surface area contributed by atoms with E-state index in [2.05, 4.69) is 32.8 Å². The van der Waals surface area contributed by atoms with E-state index in [-0.39, 0.29) is 0 Å². The average molecular weight is 225 g/mol. The number of halogens is 1. The number of rotatable bonds is 1. The number of aromatic nitrogens is 1. The largest absolute Gasteiger partial charge is 0.330 e. The molecule has 0 spiro atoms. The lowest BCUT2D eigenvalue weighted by Gasteiger charge is -1.91. The number of hydrogen-bond donors (Lipinski definition) is 1. The monoisotopic (exact) mass is 224 g/mol. The molecule has 0 saturated carbocycles. The molecule has 12 heavy (non-hydrogen) atoms. The SMILES string of the molecule is NCCC#Cc1cccnc1Br. The summed E-state index contributed by atoms with van der Waals surface area (Å²) in [6, 6.07) is 3.78. The van der Waals surface area contributed by atoms with Gasteiger partial charge in [0.15, 0.2) is 0 Å². The zero-order valence-corrected chi connectivity index (χ0v) is 8.13. The quantitative estimate of drug-likeness (QED) is 0.581. The second-order valence-electron chi connectivity index (χ2n) is 2.18. The van der Waals surface area contributed by atoms with Gasteiger partial charge in [0.25, 0.3) is 0 Å². The molecule has 1 rings (SSSR count). The van der Waals surface area contributed by atoms with Gasteiger partial charge in [-0.15, -0.1) is 0 Å². The van der Waals surface area contributed by atoms with Crippen molar-refractivity contribution < 1.29 is 0 Å². The lowest BCUT2D eigenvalue weighted by atomic mass is 10.3. The number of pyridine rings is 1. The smallest absolute Gasteiger partial charge is 0.121 e. The predicted octanol–water partition coefficient (Wildman–Crippen LogP) is 1.54. The Balaban J connectivity index is 2.77. The van der Waals surface area contributed by atoms with Crippen LogP contribution in [0, 0.1) is 11.8 Å². The first-order valence-corrected chi connectivity index (χ1v) is 4.43. The third-order valence-electron chi connectivity index (χ3n) is 1.25. The molecule has 0 fully saturated rings. The molecular formula is C9H9BrN2. The van der Waals surface area contributed by atoms with Gasteiger partial charge in [-0.1, -0.05) is 11.8 Å². The van der Waals surface area contributed by atoms with Gasteiger partial charge in [-0.05, 0) is 28.1 Å². The van der Waals surface area contributed by atoms with Gasteiger partial charge in [-0.2, -0.15) is 0 Å². The molecule has 0 radical (unpaired) electrons. The van der Waals surface area contributed by atoms with Crippen LogP contribution >= 0.6 is 15.9 Å². The second kappa shape index (κ2) is 4.91. The van der Waals surface area contributed by atoms with Crippen molar-refractivity contribution in [1.29, 1.82) is 0 Å². The summed E-state index contributed by atoms with van der Waals surface area (Å²) in [6.45, 7) is 0.602. The maximum Gasteiger partial charge on any atom is 0.121 e. The zero-order valence-electron chi connectivity index (χ0n) is 6.55. The van der Waals surface area contributed by atoms with Crippen LogP contribution in [0.2, 0.25) is 0 Å². The minimum Gasteiger partial charge on any atom is -0.330 e. The molecule has 0 aliphatic rings. The summed E-state index contributed by atoms with van der Waals surface area (Å²) in [4.78, 5) is 4.04. The van der Waals surface area contributed by atoms with Crippen LogP contribution in [0.4, 0.5) is 0 Å². The molecule has 62 valence electrons. The first kappa shape index (κ1) is 9.24. The topological polar surface area (TPSA) is 38.9 Å². The summed E-state index contributed by atoms with van der Waals surface area (Å²) in [7, 11) is 0. The van der Waals surface area contributed by atoms with Crippen molar-refractivity contribution in [2.45, 2.75) is 6.42 Å². The molecule has 1 aromatic rings. The van der Waals surface area contributed by atoms with Crippen molar-refractivity contribution in [3.8, 4) is 11.8 Å². The molecule has 0 saturated heterocycles. The zero-order chi connectivity index (χ0) is 8.81. The fraction of sp³-hybridized carbons (Fsp3) is 0.222. The van der Waals surface area contributed by atoms with Crippen LogP contribution in [0.3, 0.4) is 0 Å². The molecule has 0 aliphatic carbocycles. The van der Waals surface area contributed by atoms with Gasteiger partial charge in [0.2, 0.25) is 0 Å². The second-order valence-corrected chi connectivity index (χ2v) is 2.93. The maximum atomic E-state index is 5.30. The van der Waals surface area contributed by atoms with Crippen LogP contribution in [-0.4, -0.2) is 11.5 Å². The highest BCUT2D eigenvalue weighted by molar-refractivity contribution is 9.10. The molecular weight excluding hydrogens is 216 g/mol. The van der Waals surface area contributed by atoms with E-state index in [1.807, 2.05) is 12.1 Å². The Labute approximate surface area is 80.3 Å². The predicted molar refractivity (Wildman–Crippen MR) is 52.5 cm³/mol. The first-order valence-electron chi connectivity index (χ1n) is 3.64. The van der Waals surface area contributed by atoms with Crippen molar-refractivity contribution in [3.05, 3.63) is 28.5 Å². The Morgan fingerprint density at radius 1 is 1.58 bits per heavy atom. The van der Waals surface area contributed by atoms with Crippen LogP contribution in [0.1, 0.15) is 12.0 Å². The minimum atomic E-state index is 0.602. The van der Waals surface area contributed by atoms with Crippen LogP contribution in [0.5, 0.6) is 0 Å². The van der Waals surface area contributed by atoms with E-state index in [9.17, 15) is 0 Å². The normalized spacial score (nSPS) is 8.83. The molecule has 0 amide bonds. The molecule has 0 aromatic carbocycles. The lowest BCUT2D eigenvalue weighted by molar-refractivity contribution is 1.03. The summed E-state index contributed by atoms with van der Waals surface area (Å²) < 4.78 is 0.787. The fourth-order valence-corrected chi connectivity index (χ4v) is 1.06. The summed E-state index contributed by atoms with van der Waals surface area (Å²) in [5.74, 6) is 5.92. The highest BCUT2D eigenvalue weighted by atomic mass is 79.9. The van der Waals surface area contributed by atoms with Crippen LogP contribution < -0.4 is 5.73 Å². The third-order valence-corrected chi connectivity index (χ3v) is 1.88. The standard InChI is InChI=1S/C9H9BrN2/c10-9-8(4-1-2-6-11)5-3-7-12-9/h3,5,7H,2,6,11H2. The molecule has 2 N–H and O–H groups in total. The van der Waals surface area contributed by atoms with Gasteiger partial charge >= 0.3 is 0 Å².